The summed E-state index contributed by atoms with van der Waals surface area (Å²) < 4.78 is 14.5. The molecule has 1 fully saturated rings. The summed E-state index contributed by atoms with van der Waals surface area (Å²) in [6.45, 7) is 3.28. The zero-order valence-corrected chi connectivity index (χ0v) is 15.0. The van der Waals surface area contributed by atoms with Crippen molar-refractivity contribution in [3.05, 3.63) is 47.5 Å². The van der Waals surface area contributed by atoms with E-state index in [2.05, 4.69) is 9.97 Å². The minimum absolute atomic E-state index is 0.194. The molecular formula is C18H23FN6O. The number of carbonyl (C=O) groups is 1. The van der Waals surface area contributed by atoms with Crippen molar-refractivity contribution in [1.29, 1.82) is 0 Å². The number of rotatable bonds is 5. The molecule has 0 bridgehead atoms. The number of benzene rings is 1. The highest BCUT2D eigenvalue weighted by molar-refractivity contribution is 5.90. The molecule has 0 unspecified atom stereocenters. The van der Waals surface area contributed by atoms with E-state index in [0.29, 0.717) is 44.4 Å². The van der Waals surface area contributed by atoms with Gasteiger partial charge in [-0.3, -0.25) is 4.79 Å². The molecule has 0 atom stereocenters. The first-order chi connectivity index (χ1) is 12.4. The third kappa shape index (κ3) is 4.08. The minimum Gasteiger partial charge on any atom is -0.366 e. The highest BCUT2D eigenvalue weighted by atomic mass is 19.1. The highest BCUT2D eigenvalue weighted by Crippen LogP contribution is 2.23. The van der Waals surface area contributed by atoms with E-state index in [0.717, 1.165) is 5.56 Å². The Kier molecular flexibility index (Phi) is 5.32. The number of amides is 1. The summed E-state index contributed by atoms with van der Waals surface area (Å²) in [5.41, 5.74) is 7.02. The molecule has 1 saturated heterocycles. The molecule has 7 nitrogen and oxygen atoms in total. The van der Waals surface area contributed by atoms with Gasteiger partial charge in [-0.25, -0.2) is 14.4 Å². The summed E-state index contributed by atoms with van der Waals surface area (Å²) >= 11 is 0. The average Bonchev–Trinajstić information content (AvgIpc) is 2.62. The summed E-state index contributed by atoms with van der Waals surface area (Å²) in [6, 6.07) is 6.90. The second kappa shape index (κ2) is 7.65. The fourth-order valence-corrected chi connectivity index (χ4v) is 3.06. The van der Waals surface area contributed by atoms with Crippen molar-refractivity contribution in [2.24, 2.45) is 5.73 Å². The molecule has 1 aliphatic heterocycles. The molecule has 0 radical (unpaired) electrons. The van der Waals surface area contributed by atoms with E-state index in [4.69, 9.17) is 5.73 Å². The number of carbonyl (C=O) groups excluding carboxylic acids is 1. The number of hydrogen-bond donors (Lipinski definition) is 1. The standard InChI is InChI=1S/C18H23FN6O/c1-23(2)12-13-3-4-16(14(19)11-13)24-7-9-25(10-8-24)18-21-6-5-15(22-18)17(20)26/h3-6,11H,7-10,12H2,1-2H3,(H2,20,26). The van der Waals surface area contributed by atoms with Gasteiger partial charge < -0.3 is 20.4 Å². The topological polar surface area (TPSA) is 78.6 Å². The van der Waals surface area contributed by atoms with Gasteiger partial charge in [0.1, 0.15) is 11.5 Å². The molecule has 138 valence electrons. The Hall–Kier alpha value is -2.74. The molecule has 0 saturated carbocycles. The van der Waals surface area contributed by atoms with Gasteiger partial charge in [-0.1, -0.05) is 6.07 Å². The molecule has 1 aromatic heterocycles. The van der Waals surface area contributed by atoms with E-state index in [9.17, 15) is 9.18 Å². The molecule has 0 spiro atoms. The summed E-state index contributed by atoms with van der Waals surface area (Å²) in [6.07, 6.45) is 1.53. The second-order valence-electron chi connectivity index (χ2n) is 6.60. The van der Waals surface area contributed by atoms with E-state index >= 15 is 0 Å². The van der Waals surface area contributed by atoms with Crippen molar-refractivity contribution in [2.75, 3.05) is 50.1 Å². The van der Waals surface area contributed by atoms with Crippen LogP contribution in [0.15, 0.2) is 30.5 Å². The van der Waals surface area contributed by atoms with Crippen LogP contribution in [-0.4, -0.2) is 61.0 Å². The molecule has 2 heterocycles. The summed E-state index contributed by atoms with van der Waals surface area (Å²) in [5.74, 6) is -0.306. The lowest BCUT2D eigenvalue weighted by Crippen LogP contribution is -2.47. The lowest BCUT2D eigenvalue weighted by Gasteiger charge is -2.36. The molecule has 26 heavy (non-hydrogen) atoms. The maximum atomic E-state index is 14.5. The Balaban J connectivity index is 1.67. The van der Waals surface area contributed by atoms with Gasteiger partial charge in [0.25, 0.3) is 5.91 Å². The van der Waals surface area contributed by atoms with E-state index in [1.807, 2.05) is 40.9 Å². The van der Waals surface area contributed by atoms with Crippen molar-refractivity contribution in [3.63, 3.8) is 0 Å². The Labute approximate surface area is 152 Å². The molecule has 2 N–H and O–H groups in total. The number of nitrogens with zero attached hydrogens (tertiary/aromatic N) is 5. The molecular weight excluding hydrogens is 335 g/mol. The lowest BCUT2D eigenvalue weighted by molar-refractivity contribution is 0.0995. The number of anilines is 2. The van der Waals surface area contributed by atoms with Gasteiger partial charge in [0.2, 0.25) is 5.95 Å². The SMILES string of the molecule is CN(C)Cc1ccc(N2CCN(c3nccc(C(N)=O)n3)CC2)c(F)c1. The molecule has 8 heteroatoms. The normalized spacial score (nSPS) is 14.8. The number of nitrogens with two attached hydrogens (primary N) is 1. The maximum absolute atomic E-state index is 14.5. The quantitative estimate of drug-likeness (QED) is 0.862. The molecule has 0 aliphatic carbocycles. The predicted molar refractivity (Wildman–Crippen MR) is 98.8 cm³/mol. The van der Waals surface area contributed by atoms with Gasteiger partial charge in [0.15, 0.2) is 0 Å². The van der Waals surface area contributed by atoms with Crippen molar-refractivity contribution in [3.8, 4) is 0 Å². The second-order valence-corrected chi connectivity index (χ2v) is 6.60. The van der Waals surface area contributed by atoms with Gasteiger partial charge in [0.05, 0.1) is 5.69 Å². The van der Waals surface area contributed by atoms with E-state index in [1.54, 1.807) is 6.07 Å². The van der Waals surface area contributed by atoms with E-state index in [1.165, 1.54) is 12.3 Å². The molecule has 1 amide bonds. The fourth-order valence-electron chi connectivity index (χ4n) is 3.06. The van der Waals surface area contributed by atoms with Crippen LogP contribution in [0.2, 0.25) is 0 Å². The Morgan fingerprint density at radius 1 is 1.19 bits per heavy atom. The Morgan fingerprint density at radius 3 is 2.50 bits per heavy atom. The van der Waals surface area contributed by atoms with Crippen molar-refractivity contribution >= 4 is 17.5 Å². The van der Waals surface area contributed by atoms with Crippen LogP contribution in [0, 0.1) is 5.82 Å². The smallest absolute Gasteiger partial charge is 0.267 e. The first-order valence-electron chi connectivity index (χ1n) is 8.50. The van der Waals surface area contributed by atoms with Gasteiger partial charge in [-0.15, -0.1) is 0 Å². The van der Waals surface area contributed by atoms with Crippen LogP contribution in [0.25, 0.3) is 0 Å². The van der Waals surface area contributed by atoms with Gasteiger partial charge >= 0.3 is 0 Å². The van der Waals surface area contributed by atoms with Gasteiger partial charge in [-0.2, -0.15) is 0 Å². The third-order valence-electron chi connectivity index (χ3n) is 4.31. The number of halogens is 1. The maximum Gasteiger partial charge on any atom is 0.267 e. The first kappa shape index (κ1) is 18.1. The van der Waals surface area contributed by atoms with Crippen molar-refractivity contribution in [2.45, 2.75) is 6.54 Å². The van der Waals surface area contributed by atoms with Crippen LogP contribution in [0.1, 0.15) is 16.1 Å². The summed E-state index contributed by atoms with van der Waals surface area (Å²) in [7, 11) is 3.92. The number of hydrogen-bond acceptors (Lipinski definition) is 6. The fraction of sp³-hybridized carbons (Fsp3) is 0.389. The van der Waals surface area contributed by atoms with E-state index < -0.39 is 5.91 Å². The third-order valence-corrected chi connectivity index (χ3v) is 4.31. The molecule has 1 aromatic carbocycles. The van der Waals surface area contributed by atoms with E-state index in [-0.39, 0.29) is 11.5 Å². The first-order valence-corrected chi connectivity index (χ1v) is 8.50. The van der Waals surface area contributed by atoms with Crippen LogP contribution in [0.5, 0.6) is 0 Å². The van der Waals surface area contributed by atoms with Gasteiger partial charge in [-0.05, 0) is 37.9 Å². The number of primary amides is 1. The Morgan fingerprint density at radius 2 is 1.88 bits per heavy atom. The van der Waals surface area contributed by atoms with Crippen LogP contribution in [-0.2, 0) is 6.54 Å². The monoisotopic (exact) mass is 358 g/mol. The van der Waals surface area contributed by atoms with Crippen LogP contribution in [0.3, 0.4) is 0 Å². The molecule has 2 aromatic rings. The van der Waals surface area contributed by atoms with Crippen LogP contribution < -0.4 is 15.5 Å². The number of aromatic nitrogens is 2. The highest BCUT2D eigenvalue weighted by Gasteiger charge is 2.22. The Bertz CT molecular complexity index is 789. The average molecular weight is 358 g/mol. The van der Waals surface area contributed by atoms with Crippen LogP contribution >= 0.6 is 0 Å². The lowest BCUT2D eigenvalue weighted by atomic mass is 10.1. The molecule has 1 aliphatic rings. The van der Waals surface area contributed by atoms with Crippen molar-refractivity contribution in [1.82, 2.24) is 14.9 Å². The number of piperazine rings is 1. The van der Waals surface area contributed by atoms with Gasteiger partial charge in [0, 0.05) is 38.9 Å². The largest absolute Gasteiger partial charge is 0.366 e. The molecule has 3 rings (SSSR count). The van der Waals surface area contributed by atoms with Crippen molar-refractivity contribution < 1.29 is 9.18 Å². The summed E-state index contributed by atoms with van der Waals surface area (Å²) in [4.78, 5) is 25.7. The van der Waals surface area contributed by atoms with Crippen LogP contribution in [0.4, 0.5) is 16.0 Å². The minimum atomic E-state index is -0.577. The summed E-state index contributed by atoms with van der Waals surface area (Å²) in [5, 5.41) is 0. The zero-order chi connectivity index (χ0) is 18.7. The predicted octanol–water partition coefficient (Wildman–Crippen LogP) is 1.10. The zero-order valence-electron chi connectivity index (χ0n) is 15.0.